The van der Waals surface area contributed by atoms with E-state index in [0.717, 1.165) is 11.3 Å². The maximum atomic E-state index is 4.68. The van der Waals surface area contributed by atoms with Crippen LogP contribution in [0.4, 0.5) is 0 Å². The average Bonchev–Trinajstić information content (AvgIpc) is 1.86. The fourth-order valence-electron chi connectivity index (χ4n) is 0.815. The highest BCUT2D eigenvalue weighted by molar-refractivity contribution is 5.54. The average molecular weight is 134 g/mol. The van der Waals surface area contributed by atoms with Crippen LogP contribution in [0.3, 0.4) is 0 Å². The van der Waals surface area contributed by atoms with Crippen molar-refractivity contribution < 1.29 is 9.15 Å². The van der Waals surface area contributed by atoms with E-state index >= 15 is 0 Å². The van der Waals surface area contributed by atoms with E-state index in [4.69, 9.17) is 0 Å². The van der Waals surface area contributed by atoms with Crippen LogP contribution in [0.5, 0.6) is 0 Å². The largest absolute Gasteiger partial charge is 0.294 e. The van der Waals surface area contributed by atoms with Crippen LogP contribution in [0.25, 0.3) is 11.3 Å². The second-order valence-electron chi connectivity index (χ2n) is 2.03. The van der Waals surface area contributed by atoms with E-state index in [1.54, 1.807) is 6.26 Å². The molecular formula is C8H6O2. The van der Waals surface area contributed by atoms with Crippen LogP contribution >= 0.6 is 0 Å². The first-order valence-corrected chi connectivity index (χ1v) is 3.06. The Morgan fingerprint density at radius 1 is 1.00 bits per heavy atom. The van der Waals surface area contributed by atoms with Crippen LogP contribution < -0.4 is 0 Å². The SMILES string of the molecule is c1ccc(-c2coo2)cc1. The molecule has 0 atom stereocenters. The molecule has 0 amide bonds. The molecule has 0 spiro atoms. The molecule has 10 heavy (non-hydrogen) atoms. The first kappa shape index (κ1) is 5.35. The first-order valence-electron chi connectivity index (χ1n) is 3.06. The van der Waals surface area contributed by atoms with Gasteiger partial charge in [0.1, 0.15) is 0 Å². The van der Waals surface area contributed by atoms with Gasteiger partial charge in [-0.15, -0.1) is 0 Å². The van der Waals surface area contributed by atoms with Gasteiger partial charge in [0.05, 0.1) is 0 Å². The Morgan fingerprint density at radius 2 is 1.70 bits per heavy atom. The highest BCUT2D eigenvalue weighted by atomic mass is 17.0. The molecular weight excluding hydrogens is 128 g/mol. The van der Waals surface area contributed by atoms with E-state index in [9.17, 15) is 0 Å². The van der Waals surface area contributed by atoms with Crippen LogP contribution in [-0.2, 0) is 0 Å². The molecule has 0 fully saturated rings. The lowest BCUT2D eigenvalue weighted by atomic mass is 10.2. The number of benzene rings is 1. The minimum absolute atomic E-state index is 0.792. The smallest absolute Gasteiger partial charge is 0.225 e. The summed E-state index contributed by atoms with van der Waals surface area (Å²) in [6, 6.07) is 9.81. The summed E-state index contributed by atoms with van der Waals surface area (Å²) in [6.45, 7) is 0. The number of hydrogen-bond donors (Lipinski definition) is 0. The molecule has 2 heteroatoms. The summed E-state index contributed by atoms with van der Waals surface area (Å²) in [4.78, 5) is 0. The third-order valence-corrected chi connectivity index (χ3v) is 1.35. The first-order chi connectivity index (χ1) is 4.97. The zero-order chi connectivity index (χ0) is 6.81. The lowest BCUT2D eigenvalue weighted by molar-refractivity contribution is 0.0125. The van der Waals surface area contributed by atoms with Gasteiger partial charge in [-0.25, -0.2) is 0 Å². The minimum atomic E-state index is 0.792. The van der Waals surface area contributed by atoms with Crippen molar-refractivity contribution in [1.82, 2.24) is 0 Å². The Balaban J connectivity index is 2.42. The topological polar surface area (TPSA) is 26.3 Å². The normalized spacial score (nSPS) is 10.0. The molecule has 0 saturated carbocycles. The molecule has 2 rings (SSSR count). The molecule has 50 valence electrons. The van der Waals surface area contributed by atoms with Crippen LogP contribution in [0.1, 0.15) is 0 Å². The fourth-order valence-corrected chi connectivity index (χ4v) is 0.815. The Kier molecular flexibility index (Phi) is 1.10. The third kappa shape index (κ3) is 0.739. The van der Waals surface area contributed by atoms with Gasteiger partial charge in [0.2, 0.25) is 5.76 Å². The van der Waals surface area contributed by atoms with E-state index in [0.29, 0.717) is 0 Å². The molecule has 0 radical (unpaired) electrons. The van der Waals surface area contributed by atoms with Gasteiger partial charge in [0.25, 0.3) is 0 Å². The fraction of sp³-hybridized carbons (Fsp3) is 0. The summed E-state index contributed by atoms with van der Waals surface area (Å²) in [7, 11) is 0. The zero-order valence-corrected chi connectivity index (χ0v) is 5.28. The van der Waals surface area contributed by atoms with Gasteiger partial charge < -0.3 is 0 Å². The van der Waals surface area contributed by atoms with Crippen molar-refractivity contribution in [2.45, 2.75) is 0 Å². The highest BCUT2D eigenvalue weighted by Gasteiger charge is 2.02. The molecule has 2 nitrogen and oxygen atoms in total. The summed E-state index contributed by atoms with van der Waals surface area (Å²) in [5.41, 5.74) is 1.05. The molecule has 0 aliphatic carbocycles. The predicted octanol–water partition coefficient (Wildman–Crippen LogP) is 2.54. The van der Waals surface area contributed by atoms with Crippen LogP contribution in [0, 0.1) is 0 Å². The van der Waals surface area contributed by atoms with Crippen LogP contribution in [0.15, 0.2) is 45.7 Å². The lowest BCUT2D eigenvalue weighted by Gasteiger charge is -1.97. The molecule has 0 bridgehead atoms. The summed E-state index contributed by atoms with van der Waals surface area (Å²) < 4.78 is 9.11. The number of rotatable bonds is 1. The highest BCUT2D eigenvalue weighted by Crippen LogP contribution is 2.19. The minimum Gasteiger partial charge on any atom is -0.294 e. The molecule has 0 saturated heterocycles. The maximum Gasteiger partial charge on any atom is 0.225 e. The third-order valence-electron chi connectivity index (χ3n) is 1.35. The second kappa shape index (κ2) is 2.06. The summed E-state index contributed by atoms with van der Waals surface area (Å²) in [5.74, 6) is 0.792. The summed E-state index contributed by atoms with van der Waals surface area (Å²) in [6.07, 6.45) is 1.58. The van der Waals surface area contributed by atoms with Crippen LogP contribution in [-0.4, -0.2) is 0 Å². The Bertz CT molecular complexity index is 283. The van der Waals surface area contributed by atoms with E-state index in [1.807, 2.05) is 30.3 Å². The van der Waals surface area contributed by atoms with Crippen molar-refractivity contribution in [3.05, 3.63) is 36.6 Å². The standard InChI is InChI=1S/C8H6O2/c1-2-4-7(5-3-1)8-6-9-10-8/h1-6H. The van der Waals surface area contributed by atoms with E-state index in [2.05, 4.69) is 9.15 Å². The van der Waals surface area contributed by atoms with Gasteiger partial charge >= 0.3 is 0 Å². The van der Waals surface area contributed by atoms with Gasteiger partial charge in [-0.3, -0.25) is 9.15 Å². The van der Waals surface area contributed by atoms with Gasteiger partial charge in [-0.2, -0.15) is 0 Å². The molecule has 0 aliphatic heterocycles. The van der Waals surface area contributed by atoms with Crippen molar-refractivity contribution in [1.29, 1.82) is 0 Å². The Labute approximate surface area is 58.0 Å². The Hall–Kier alpha value is -1.44. The quantitative estimate of drug-likeness (QED) is 0.560. The molecule has 1 aromatic heterocycles. The molecule has 0 N–H and O–H groups in total. The monoisotopic (exact) mass is 134 g/mol. The summed E-state index contributed by atoms with van der Waals surface area (Å²) in [5, 5.41) is 0. The van der Waals surface area contributed by atoms with Gasteiger partial charge in [-0.1, -0.05) is 30.3 Å². The van der Waals surface area contributed by atoms with E-state index in [-0.39, 0.29) is 0 Å². The zero-order valence-electron chi connectivity index (χ0n) is 5.28. The van der Waals surface area contributed by atoms with Crippen molar-refractivity contribution in [3.63, 3.8) is 0 Å². The van der Waals surface area contributed by atoms with Crippen molar-refractivity contribution in [3.8, 4) is 11.3 Å². The summed E-state index contributed by atoms with van der Waals surface area (Å²) >= 11 is 0. The number of hydrogen-bond acceptors (Lipinski definition) is 2. The molecule has 1 heterocycles. The predicted molar refractivity (Wildman–Crippen MR) is 36.4 cm³/mol. The lowest BCUT2D eigenvalue weighted by Crippen LogP contribution is -1.76. The molecule has 0 unspecified atom stereocenters. The Morgan fingerprint density at radius 3 is 2.20 bits per heavy atom. The second-order valence-corrected chi connectivity index (χ2v) is 2.03. The van der Waals surface area contributed by atoms with Crippen molar-refractivity contribution >= 4 is 0 Å². The van der Waals surface area contributed by atoms with Gasteiger partial charge in [-0.05, 0) is 0 Å². The molecule has 2 aromatic rings. The van der Waals surface area contributed by atoms with E-state index < -0.39 is 0 Å². The van der Waals surface area contributed by atoms with Gasteiger partial charge in [0, 0.05) is 5.56 Å². The molecule has 1 aromatic carbocycles. The van der Waals surface area contributed by atoms with Gasteiger partial charge in [0.15, 0.2) is 6.26 Å². The van der Waals surface area contributed by atoms with Crippen LogP contribution in [0.2, 0.25) is 0 Å². The van der Waals surface area contributed by atoms with Crippen molar-refractivity contribution in [2.24, 2.45) is 0 Å². The van der Waals surface area contributed by atoms with E-state index in [1.165, 1.54) is 0 Å². The maximum absolute atomic E-state index is 4.68. The molecule has 0 aliphatic rings. The van der Waals surface area contributed by atoms with Crippen molar-refractivity contribution in [2.75, 3.05) is 0 Å².